The van der Waals surface area contributed by atoms with Crippen LogP contribution in [0.2, 0.25) is 0 Å². The van der Waals surface area contributed by atoms with Gasteiger partial charge in [0.05, 0.1) is 13.5 Å². The van der Waals surface area contributed by atoms with Crippen molar-refractivity contribution in [1.82, 2.24) is 4.90 Å². The zero-order valence-electron chi connectivity index (χ0n) is 13.2. The molecule has 0 aliphatic carbocycles. The lowest BCUT2D eigenvalue weighted by Gasteiger charge is -2.21. The van der Waals surface area contributed by atoms with Gasteiger partial charge in [0.25, 0.3) is 0 Å². The van der Waals surface area contributed by atoms with E-state index in [1.165, 1.54) is 0 Å². The molecule has 22 heavy (non-hydrogen) atoms. The summed E-state index contributed by atoms with van der Waals surface area (Å²) >= 11 is 0. The quantitative estimate of drug-likeness (QED) is 0.783. The number of rotatable bonds is 7. The number of carboxylic acid groups (broad SMARTS) is 1. The highest BCUT2D eigenvalue weighted by Crippen LogP contribution is 2.22. The maximum atomic E-state index is 12.7. The summed E-state index contributed by atoms with van der Waals surface area (Å²) in [5, 5.41) is 9.10. The standard InChI is InChI=1S/C17H23NO4/c1-12-9-13(5-6-15(12)22-2)17(21)14(10-16(19)20)11-18-7-3-4-8-18/h5-6,9,14H,3-4,7-8,10-11H2,1-2H3,(H,19,20). The largest absolute Gasteiger partial charge is 0.496 e. The van der Waals surface area contributed by atoms with Gasteiger partial charge in [0.2, 0.25) is 0 Å². The molecule has 1 N–H and O–H groups in total. The lowest BCUT2D eigenvalue weighted by molar-refractivity contribution is -0.137. The van der Waals surface area contributed by atoms with E-state index < -0.39 is 11.9 Å². The van der Waals surface area contributed by atoms with E-state index in [0.717, 1.165) is 37.2 Å². The SMILES string of the molecule is COc1ccc(C(=O)C(CC(=O)O)CN2CCCC2)cc1C. The molecule has 1 unspecified atom stereocenters. The summed E-state index contributed by atoms with van der Waals surface area (Å²) < 4.78 is 5.20. The van der Waals surface area contributed by atoms with E-state index in [-0.39, 0.29) is 12.2 Å². The van der Waals surface area contributed by atoms with E-state index in [0.29, 0.717) is 12.1 Å². The molecule has 0 amide bonds. The van der Waals surface area contributed by atoms with Crippen molar-refractivity contribution in [1.29, 1.82) is 0 Å². The highest BCUT2D eigenvalue weighted by Gasteiger charge is 2.27. The van der Waals surface area contributed by atoms with Gasteiger partial charge in [-0.2, -0.15) is 0 Å². The van der Waals surface area contributed by atoms with Gasteiger partial charge in [-0.25, -0.2) is 0 Å². The first-order valence-electron chi connectivity index (χ1n) is 7.64. The van der Waals surface area contributed by atoms with Crippen molar-refractivity contribution >= 4 is 11.8 Å². The summed E-state index contributed by atoms with van der Waals surface area (Å²) in [6.45, 7) is 4.30. The summed E-state index contributed by atoms with van der Waals surface area (Å²) in [5.41, 5.74) is 1.44. The van der Waals surface area contributed by atoms with Gasteiger partial charge in [0.15, 0.2) is 5.78 Å². The molecule has 5 nitrogen and oxygen atoms in total. The number of aliphatic carboxylic acids is 1. The van der Waals surface area contributed by atoms with Crippen LogP contribution < -0.4 is 4.74 Å². The molecule has 0 aromatic heterocycles. The number of nitrogens with zero attached hydrogens (tertiary/aromatic N) is 1. The Kier molecular flexibility index (Phi) is 5.55. The summed E-state index contributed by atoms with van der Waals surface area (Å²) in [7, 11) is 1.59. The number of hydrogen-bond donors (Lipinski definition) is 1. The lowest BCUT2D eigenvalue weighted by atomic mass is 9.93. The molecule has 1 aromatic carbocycles. The fourth-order valence-electron chi connectivity index (χ4n) is 3.00. The maximum Gasteiger partial charge on any atom is 0.304 e. The van der Waals surface area contributed by atoms with Crippen molar-refractivity contribution in [3.63, 3.8) is 0 Å². The van der Waals surface area contributed by atoms with E-state index in [4.69, 9.17) is 9.84 Å². The minimum atomic E-state index is -0.928. The Bertz CT molecular complexity index is 550. The molecule has 0 saturated carbocycles. The topological polar surface area (TPSA) is 66.8 Å². The maximum absolute atomic E-state index is 12.7. The van der Waals surface area contributed by atoms with Crippen LogP contribution >= 0.6 is 0 Å². The molecule has 1 aromatic rings. The Hall–Kier alpha value is -1.88. The number of Topliss-reactive ketones (excluding diaryl/α,β-unsaturated/α-hetero) is 1. The lowest BCUT2D eigenvalue weighted by Crippen LogP contribution is -2.32. The number of carbonyl (C=O) groups excluding carboxylic acids is 1. The molecule has 2 rings (SSSR count). The molecule has 1 atom stereocenters. The fourth-order valence-corrected chi connectivity index (χ4v) is 3.00. The summed E-state index contributed by atoms with van der Waals surface area (Å²) in [5.74, 6) is -0.794. The third-order valence-corrected chi connectivity index (χ3v) is 4.15. The van der Waals surface area contributed by atoms with Crippen LogP contribution in [0.15, 0.2) is 18.2 Å². The van der Waals surface area contributed by atoms with Crippen molar-refractivity contribution in [3.05, 3.63) is 29.3 Å². The average molecular weight is 305 g/mol. The van der Waals surface area contributed by atoms with Gasteiger partial charge in [0.1, 0.15) is 5.75 Å². The molecular formula is C17H23NO4. The smallest absolute Gasteiger partial charge is 0.304 e. The van der Waals surface area contributed by atoms with Gasteiger partial charge < -0.3 is 14.7 Å². The van der Waals surface area contributed by atoms with Crippen molar-refractivity contribution in [2.75, 3.05) is 26.7 Å². The molecule has 1 aliphatic heterocycles. The first-order valence-corrected chi connectivity index (χ1v) is 7.64. The number of benzene rings is 1. The molecule has 5 heteroatoms. The van der Waals surface area contributed by atoms with Crippen molar-refractivity contribution in [3.8, 4) is 5.75 Å². The van der Waals surface area contributed by atoms with Crippen molar-refractivity contribution in [2.45, 2.75) is 26.2 Å². The third kappa shape index (κ3) is 4.07. The number of carboxylic acids is 1. The minimum absolute atomic E-state index is 0.0972. The molecular weight excluding hydrogens is 282 g/mol. The van der Waals surface area contributed by atoms with Crippen LogP contribution in [0.4, 0.5) is 0 Å². The zero-order valence-corrected chi connectivity index (χ0v) is 13.2. The van der Waals surface area contributed by atoms with Crippen LogP contribution in [0.5, 0.6) is 5.75 Å². The van der Waals surface area contributed by atoms with Gasteiger partial charge >= 0.3 is 5.97 Å². The number of ketones is 1. The van der Waals surface area contributed by atoms with Crippen molar-refractivity contribution in [2.24, 2.45) is 5.92 Å². The summed E-state index contributed by atoms with van der Waals surface area (Å²) in [6, 6.07) is 5.25. The van der Waals surface area contributed by atoms with Gasteiger partial charge in [0, 0.05) is 18.0 Å². The van der Waals surface area contributed by atoms with Crippen LogP contribution in [0.25, 0.3) is 0 Å². The second-order valence-corrected chi connectivity index (χ2v) is 5.85. The average Bonchev–Trinajstić information content (AvgIpc) is 2.98. The van der Waals surface area contributed by atoms with Gasteiger partial charge in [-0.15, -0.1) is 0 Å². The number of hydrogen-bond acceptors (Lipinski definition) is 4. The molecule has 1 fully saturated rings. The Morgan fingerprint density at radius 3 is 2.55 bits per heavy atom. The predicted octanol–water partition coefficient (Wildman–Crippen LogP) is 2.37. The van der Waals surface area contributed by atoms with Gasteiger partial charge in [-0.3, -0.25) is 9.59 Å². The predicted molar refractivity (Wildman–Crippen MR) is 83.5 cm³/mol. The van der Waals surface area contributed by atoms with Crippen LogP contribution in [0, 0.1) is 12.8 Å². The Labute approximate surface area is 130 Å². The Morgan fingerprint density at radius 2 is 2.00 bits per heavy atom. The van der Waals surface area contributed by atoms with E-state index >= 15 is 0 Å². The number of likely N-dealkylation sites (tertiary alicyclic amines) is 1. The van der Waals surface area contributed by atoms with Gasteiger partial charge in [-0.05, 0) is 56.6 Å². The summed E-state index contributed by atoms with van der Waals surface area (Å²) in [4.78, 5) is 26.0. The fraction of sp³-hybridized carbons (Fsp3) is 0.529. The van der Waals surface area contributed by atoms with E-state index in [1.54, 1.807) is 25.3 Å². The monoisotopic (exact) mass is 305 g/mol. The second kappa shape index (κ2) is 7.40. The number of ether oxygens (including phenoxy) is 1. The van der Waals surface area contributed by atoms with Crippen LogP contribution in [0.1, 0.15) is 35.2 Å². The normalized spacial score (nSPS) is 16.5. The third-order valence-electron chi connectivity index (χ3n) is 4.15. The van der Waals surface area contributed by atoms with Crippen LogP contribution in [-0.2, 0) is 4.79 Å². The van der Waals surface area contributed by atoms with Gasteiger partial charge in [-0.1, -0.05) is 0 Å². The molecule has 1 aliphatic rings. The zero-order chi connectivity index (χ0) is 16.1. The molecule has 1 heterocycles. The van der Waals surface area contributed by atoms with Crippen LogP contribution in [-0.4, -0.2) is 48.5 Å². The molecule has 1 saturated heterocycles. The molecule has 0 radical (unpaired) electrons. The van der Waals surface area contributed by atoms with Crippen molar-refractivity contribution < 1.29 is 19.4 Å². The molecule has 0 bridgehead atoms. The second-order valence-electron chi connectivity index (χ2n) is 5.85. The molecule has 0 spiro atoms. The minimum Gasteiger partial charge on any atom is -0.496 e. The van der Waals surface area contributed by atoms with Crippen LogP contribution in [0.3, 0.4) is 0 Å². The number of methoxy groups -OCH3 is 1. The van der Waals surface area contributed by atoms with E-state index in [2.05, 4.69) is 4.90 Å². The van der Waals surface area contributed by atoms with E-state index in [9.17, 15) is 9.59 Å². The summed E-state index contributed by atoms with van der Waals surface area (Å²) in [6.07, 6.45) is 2.12. The first-order chi connectivity index (χ1) is 10.5. The highest BCUT2D eigenvalue weighted by atomic mass is 16.5. The number of carbonyl (C=O) groups is 2. The van der Waals surface area contributed by atoms with E-state index in [1.807, 2.05) is 6.92 Å². The Morgan fingerprint density at radius 1 is 1.32 bits per heavy atom. The number of aryl methyl sites for hydroxylation is 1. The first kappa shape index (κ1) is 16.5. The Balaban J connectivity index is 2.16. The molecule has 120 valence electrons. The highest BCUT2D eigenvalue weighted by molar-refractivity contribution is 5.99.